The summed E-state index contributed by atoms with van der Waals surface area (Å²) in [6.07, 6.45) is 6.44. The van der Waals surface area contributed by atoms with E-state index in [9.17, 15) is 9.90 Å². The van der Waals surface area contributed by atoms with Crippen molar-refractivity contribution in [1.29, 1.82) is 0 Å². The van der Waals surface area contributed by atoms with E-state index in [2.05, 4.69) is 12.1 Å². The highest BCUT2D eigenvalue weighted by Gasteiger charge is 2.27. The van der Waals surface area contributed by atoms with Crippen LogP contribution in [0, 0.1) is 5.92 Å². The Morgan fingerprint density at radius 3 is 2.76 bits per heavy atom. The minimum absolute atomic E-state index is 0.133. The fraction of sp³-hybridized carbons (Fsp3) is 0.611. The monoisotopic (exact) mass is 287 g/mol. The molecule has 0 aromatic heterocycles. The predicted octanol–water partition coefficient (Wildman–Crippen LogP) is 2.80. The maximum Gasteiger partial charge on any atom is 0.253 e. The Hall–Kier alpha value is -1.35. The van der Waals surface area contributed by atoms with Gasteiger partial charge in [0.15, 0.2) is 0 Å². The van der Waals surface area contributed by atoms with Crippen molar-refractivity contribution in [2.75, 3.05) is 13.1 Å². The first-order chi connectivity index (χ1) is 10.1. The molecule has 0 saturated carbocycles. The Balaban J connectivity index is 1.75. The van der Waals surface area contributed by atoms with Crippen molar-refractivity contribution in [2.24, 2.45) is 5.92 Å². The smallest absolute Gasteiger partial charge is 0.253 e. The normalized spacial score (nSPS) is 23.5. The van der Waals surface area contributed by atoms with Gasteiger partial charge in [-0.05, 0) is 68.7 Å². The molecule has 114 valence electrons. The summed E-state index contributed by atoms with van der Waals surface area (Å²) in [6, 6.07) is 6.22. The summed E-state index contributed by atoms with van der Waals surface area (Å²) in [5, 5.41) is 9.77. The zero-order valence-corrected chi connectivity index (χ0v) is 12.8. The molecule has 0 radical (unpaired) electrons. The average molecular weight is 287 g/mol. The maximum absolute atomic E-state index is 12.7. The Kier molecular flexibility index (Phi) is 4.29. The van der Waals surface area contributed by atoms with Crippen molar-refractivity contribution in [3.63, 3.8) is 0 Å². The maximum atomic E-state index is 12.7. The number of benzene rings is 1. The molecule has 3 heteroatoms. The number of piperidine rings is 1. The number of rotatable bonds is 2. The minimum atomic E-state index is -0.330. The molecule has 1 amide bonds. The summed E-state index contributed by atoms with van der Waals surface area (Å²) < 4.78 is 0. The number of fused-ring (bicyclic) bond motifs is 1. The van der Waals surface area contributed by atoms with Gasteiger partial charge in [-0.1, -0.05) is 6.07 Å². The Morgan fingerprint density at radius 2 is 2.00 bits per heavy atom. The summed E-state index contributed by atoms with van der Waals surface area (Å²) in [4.78, 5) is 14.6. The van der Waals surface area contributed by atoms with Crippen LogP contribution in [0.3, 0.4) is 0 Å². The van der Waals surface area contributed by atoms with Gasteiger partial charge < -0.3 is 10.0 Å². The lowest BCUT2D eigenvalue weighted by Crippen LogP contribution is -2.43. The second-order valence-electron chi connectivity index (χ2n) is 6.58. The van der Waals surface area contributed by atoms with Gasteiger partial charge in [-0.15, -0.1) is 0 Å². The molecule has 2 unspecified atom stereocenters. The van der Waals surface area contributed by atoms with Crippen LogP contribution in [0.15, 0.2) is 18.2 Å². The van der Waals surface area contributed by atoms with Gasteiger partial charge in [-0.2, -0.15) is 0 Å². The summed E-state index contributed by atoms with van der Waals surface area (Å²) in [5.74, 6) is 0.356. The molecule has 2 atom stereocenters. The number of aliphatic hydroxyl groups is 1. The molecular formula is C18H25NO2. The zero-order chi connectivity index (χ0) is 14.8. The Bertz CT molecular complexity index is 524. The van der Waals surface area contributed by atoms with E-state index in [1.54, 1.807) is 0 Å². The number of carbonyl (C=O) groups is 1. The van der Waals surface area contributed by atoms with Crippen molar-refractivity contribution < 1.29 is 9.90 Å². The highest BCUT2D eigenvalue weighted by Crippen LogP contribution is 2.25. The molecule has 1 aliphatic heterocycles. The lowest BCUT2D eigenvalue weighted by Gasteiger charge is -2.34. The third-order valence-corrected chi connectivity index (χ3v) is 5.02. The zero-order valence-electron chi connectivity index (χ0n) is 12.8. The van der Waals surface area contributed by atoms with E-state index >= 15 is 0 Å². The van der Waals surface area contributed by atoms with Crippen LogP contribution in [0.25, 0.3) is 0 Å². The van der Waals surface area contributed by atoms with Crippen LogP contribution in [0.1, 0.15) is 54.1 Å². The molecule has 1 fully saturated rings. The van der Waals surface area contributed by atoms with Gasteiger partial charge in [-0.3, -0.25) is 4.79 Å². The molecule has 1 aliphatic carbocycles. The quantitative estimate of drug-likeness (QED) is 0.908. The third kappa shape index (κ3) is 3.13. The molecule has 3 rings (SSSR count). The second-order valence-corrected chi connectivity index (χ2v) is 6.58. The number of aryl methyl sites for hydroxylation is 2. The van der Waals surface area contributed by atoms with E-state index in [0.29, 0.717) is 6.54 Å². The molecule has 21 heavy (non-hydrogen) atoms. The van der Waals surface area contributed by atoms with Crippen LogP contribution >= 0.6 is 0 Å². The molecule has 3 nitrogen and oxygen atoms in total. The van der Waals surface area contributed by atoms with Crippen LogP contribution in [0.4, 0.5) is 0 Å². The molecular weight excluding hydrogens is 262 g/mol. The average Bonchev–Trinajstić information content (AvgIpc) is 2.53. The van der Waals surface area contributed by atoms with Gasteiger partial charge in [0.1, 0.15) is 0 Å². The minimum Gasteiger partial charge on any atom is -0.393 e. The van der Waals surface area contributed by atoms with Crippen LogP contribution in [0.5, 0.6) is 0 Å². The molecule has 1 aromatic rings. The molecule has 1 saturated heterocycles. The number of aliphatic hydroxyl groups excluding tert-OH is 1. The number of nitrogens with zero attached hydrogens (tertiary/aromatic N) is 1. The largest absolute Gasteiger partial charge is 0.393 e. The third-order valence-electron chi connectivity index (χ3n) is 5.02. The molecule has 1 aromatic carbocycles. The number of amides is 1. The topological polar surface area (TPSA) is 40.5 Å². The van der Waals surface area contributed by atoms with Gasteiger partial charge in [0.2, 0.25) is 0 Å². The Morgan fingerprint density at radius 1 is 1.24 bits per heavy atom. The van der Waals surface area contributed by atoms with Gasteiger partial charge in [0, 0.05) is 24.6 Å². The van der Waals surface area contributed by atoms with Gasteiger partial charge in [-0.25, -0.2) is 0 Å². The van der Waals surface area contributed by atoms with E-state index in [-0.39, 0.29) is 17.9 Å². The van der Waals surface area contributed by atoms with Gasteiger partial charge in [0.25, 0.3) is 5.91 Å². The van der Waals surface area contributed by atoms with E-state index in [4.69, 9.17) is 0 Å². The first kappa shape index (κ1) is 14.6. The van der Waals surface area contributed by atoms with Crippen molar-refractivity contribution in [2.45, 2.75) is 51.6 Å². The van der Waals surface area contributed by atoms with Crippen LogP contribution in [0.2, 0.25) is 0 Å². The van der Waals surface area contributed by atoms with Crippen molar-refractivity contribution in [3.8, 4) is 0 Å². The van der Waals surface area contributed by atoms with E-state index in [1.807, 2.05) is 17.9 Å². The molecule has 0 spiro atoms. The summed E-state index contributed by atoms with van der Waals surface area (Å²) >= 11 is 0. The first-order valence-electron chi connectivity index (χ1n) is 8.24. The summed E-state index contributed by atoms with van der Waals surface area (Å²) in [5.41, 5.74) is 3.59. The van der Waals surface area contributed by atoms with E-state index < -0.39 is 0 Å². The van der Waals surface area contributed by atoms with E-state index in [0.717, 1.165) is 37.8 Å². The summed E-state index contributed by atoms with van der Waals surface area (Å²) in [6.45, 7) is 3.34. The summed E-state index contributed by atoms with van der Waals surface area (Å²) in [7, 11) is 0. The highest BCUT2D eigenvalue weighted by atomic mass is 16.3. The van der Waals surface area contributed by atoms with Gasteiger partial charge in [0.05, 0.1) is 6.10 Å². The van der Waals surface area contributed by atoms with Crippen molar-refractivity contribution in [1.82, 2.24) is 4.90 Å². The number of likely N-dealkylation sites (tertiary alicyclic amines) is 1. The van der Waals surface area contributed by atoms with Gasteiger partial charge >= 0.3 is 0 Å². The fourth-order valence-corrected chi connectivity index (χ4v) is 3.64. The SMILES string of the molecule is CC(O)C1CCCN(C(=O)c2ccc3c(c2)CCCC3)C1. The van der Waals surface area contributed by atoms with Crippen molar-refractivity contribution >= 4 is 5.91 Å². The van der Waals surface area contributed by atoms with E-state index in [1.165, 1.54) is 24.0 Å². The number of hydrogen-bond acceptors (Lipinski definition) is 2. The molecule has 2 aliphatic rings. The predicted molar refractivity (Wildman–Crippen MR) is 83.4 cm³/mol. The number of carbonyl (C=O) groups excluding carboxylic acids is 1. The molecule has 1 N–H and O–H groups in total. The number of hydrogen-bond donors (Lipinski definition) is 1. The van der Waals surface area contributed by atoms with Crippen molar-refractivity contribution in [3.05, 3.63) is 34.9 Å². The first-order valence-corrected chi connectivity index (χ1v) is 8.24. The van der Waals surface area contributed by atoms with Crippen LogP contribution < -0.4 is 0 Å². The molecule has 1 heterocycles. The Labute approximate surface area is 127 Å². The second kappa shape index (κ2) is 6.18. The lowest BCUT2D eigenvalue weighted by atomic mass is 9.89. The standard InChI is InChI=1S/C18H25NO2/c1-13(20)17-7-4-10-19(12-17)18(21)16-9-8-14-5-2-3-6-15(14)11-16/h8-9,11,13,17,20H,2-7,10,12H2,1H3. The molecule has 0 bridgehead atoms. The van der Waals surface area contributed by atoms with Crippen LogP contribution in [-0.2, 0) is 12.8 Å². The lowest BCUT2D eigenvalue weighted by molar-refractivity contribution is 0.0466. The van der Waals surface area contributed by atoms with Crippen LogP contribution in [-0.4, -0.2) is 35.1 Å². The highest BCUT2D eigenvalue weighted by molar-refractivity contribution is 5.94. The fourth-order valence-electron chi connectivity index (χ4n) is 3.64.